The minimum atomic E-state index is -0.911. The molecule has 1 amide bonds. The number of aromatic nitrogens is 1. The van der Waals surface area contributed by atoms with Crippen LogP contribution in [0.2, 0.25) is 0 Å². The number of carboxylic acid groups (broad SMARTS) is 1. The van der Waals surface area contributed by atoms with Gasteiger partial charge in [0.1, 0.15) is 5.82 Å². The number of para-hydroxylation sites is 1. The molecule has 1 atom stereocenters. The lowest BCUT2D eigenvalue weighted by Crippen LogP contribution is -2.28. The van der Waals surface area contributed by atoms with Gasteiger partial charge in [0.05, 0.1) is 18.0 Å². The number of carbonyl (C=O) groups excluding carboxylic acids is 1. The molecule has 0 radical (unpaired) electrons. The van der Waals surface area contributed by atoms with Crippen LogP contribution in [-0.4, -0.2) is 32.2 Å². The number of benzene rings is 2. The van der Waals surface area contributed by atoms with Crippen molar-refractivity contribution >= 4 is 28.6 Å². The van der Waals surface area contributed by atoms with Crippen LogP contribution in [0.5, 0.6) is 0 Å². The van der Waals surface area contributed by atoms with E-state index in [-0.39, 0.29) is 18.4 Å². The first-order chi connectivity index (χ1) is 15.8. The van der Waals surface area contributed by atoms with Crippen LogP contribution in [0.4, 0.5) is 5.82 Å². The topological polar surface area (TPSA) is 106 Å². The molecule has 3 aromatic rings. The summed E-state index contributed by atoms with van der Waals surface area (Å²) in [5.41, 5.74) is 3.56. The van der Waals surface area contributed by atoms with Crippen LogP contribution in [0.15, 0.2) is 73.3 Å². The molecular formula is C25H24N4O4. The molecule has 0 spiro atoms. The van der Waals surface area contributed by atoms with E-state index in [0.717, 1.165) is 27.1 Å². The number of fused-ring (bicyclic) bond motifs is 1. The Morgan fingerprint density at radius 1 is 1.06 bits per heavy atom. The fourth-order valence-electron chi connectivity index (χ4n) is 3.83. The number of rotatable bonds is 6. The second kappa shape index (κ2) is 9.13. The molecule has 0 unspecified atom stereocenters. The van der Waals surface area contributed by atoms with E-state index in [1.165, 1.54) is 12.4 Å². The van der Waals surface area contributed by atoms with Crippen molar-refractivity contribution in [3.8, 4) is 0 Å². The standard InChI is InChI=1S/C25H24N4O4/c1-16-13-18(14-24(30)31)7-8-19(16)25(32)26-17(2)21-15-23(28-9-11-29(33)12-10-28)27-22-6-4-3-5-20(21)22/h3-13,15,17,33H,14H2,1-2H3,(H,26,32)(H,30,31)/t17-/m1/s1. The number of aliphatic carboxylic acids is 1. The summed E-state index contributed by atoms with van der Waals surface area (Å²) in [5.74, 6) is -0.497. The van der Waals surface area contributed by atoms with E-state index in [9.17, 15) is 14.8 Å². The number of anilines is 1. The second-order valence-corrected chi connectivity index (χ2v) is 7.89. The number of carbonyl (C=O) groups is 2. The van der Waals surface area contributed by atoms with Crippen LogP contribution < -0.4 is 10.2 Å². The zero-order chi connectivity index (χ0) is 23.5. The summed E-state index contributed by atoms with van der Waals surface area (Å²) in [6.45, 7) is 3.71. The monoisotopic (exact) mass is 444 g/mol. The van der Waals surface area contributed by atoms with Crippen molar-refractivity contribution in [2.75, 3.05) is 4.90 Å². The SMILES string of the molecule is Cc1cc(CC(=O)O)ccc1C(=O)N[C@H](C)c1cc(N2C=CN(O)C=C2)nc2ccccc12. The summed E-state index contributed by atoms with van der Waals surface area (Å²) in [6, 6.07) is 14.4. The third-order valence-electron chi connectivity index (χ3n) is 5.46. The highest BCUT2D eigenvalue weighted by Crippen LogP contribution is 2.29. The predicted octanol–water partition coefficient (Wildman–Crippen LogP) is 4.11. The Kier molecular flexibility index (Phi) is 6.10. The highest BCUT2D eigenvalue weighted by Gasteiger charge is 2.18. The molecule has 8 nitrogen and oxygen atoms in total. The van der Waals surface area contributed by atoms with Crippen LogP contribution >= 0.6 is 0 Å². The van der Waals surface area contributed by atoms with Gasteiger partial charge in [-0.1, -0.05) is 30.3 Å². The largest absolute Gasteiger partial charge is 0.481 e. The molecule has 1 aromatic heterocycles. The lowest BCUT2D eigenvalue weighted by molar-refractivity contribution is -0.136. The van der Waals surface area contributed by atoms with Crippen LogP contribution in [0, 0.1) is 6.92 Å². The molecule has 4 rings (SSSR count). The lowest BCUT2D eigenvalue weighted by atomic mass is 10.00. The van der Waals surface area contributed by atoms with E-state index in [0.29, 0.717) is 16.9 Å². The second-order valence-electron chi connectivity index (χ2n) is 7.89. The van der Waals surface area contributed by atoms with Crippen molar-refractivity contribution in [2.24, 2.45) is 0 Å². The van der Waals surface area contributed by atoms with E-state index in [1.807, 2.05) is 37.3 Å². The summed E-state index contributed by atoms with van der Waals surface area (Å²) >= 11 is 0. The first kappa shape index (κ1) is 22.0. The molecule has 0 bridgehead atoms. The third-order valence-corrected chi connectivity index (χ3v) is 5.46. The van der Waals surface area contributed by atoms with Crippen molar-refractivity contribution in [1.29, 1.82) is 0 Å². The maximum atomic E-state index is 13.0. The van der Waals surface area contributed by atoms with E-state index in [4.69, 9.17) is 10.1 Å². The first-order valence-corrected chi connectivity index (χ1v) is 10.5. The number of hydroxylamine groups is 2. The Morgan fingerprint density at radius 2 is 1.79 bits per heavy atom. The van der Waals surface area contributed by atoms with Crippen molar-refractivity contribution in [3.05, 3.63) is 95.6 Å². The van der Waals surface area contributed by atoms with E-state index in [1.54, 1.807) is 42.4 Å². The summed E-state index contributed by atoms with van der Waals surface area (Å²) in [7, 11) is 0. The molecule has 3 N–H and O–H groups in total. The number of hydrogen-bond donors (Lipinski definition) is 3. The van der Waals surface area contributed by atoms with Crippen LogP contribution in [-0.2, 0) is 11.2 Å². The minimum Gasteiger partial charge on any atom is -0.481 e. The number of carboxylic acids is 1. The van der Waals surface area contributed by atoms with Crippen molar-refractivity contribution < 1.29 is 19.9 Å². The third kappa shape index (κ3) is 4.86. The minimum absolute atomic E-state index is 0.0850. The van der Waals surface area contributed by atoms with Crippen molar-refractivity contribution in [2.45, 2.75) is 26.3 Å². The molecule has 0 saturated carbocycles. The zero-order valence-corrected chi connectivity index (χ0v) is 18.3. The number of amides is 1. The van der Waals surface area contributed by atoms with Gasteiger partial charge in [-0.15, -0.1) is 0 Å². The molecule has 2 heterocycles. The lowest BCUT2D eigenvalue weighted by Gasteiger charge is -2.23. The first-order valence-electron chi connectivity index (χ1n) is 10.5. The van der Waals surface area contributed by atoms with Gasteiger partial charge in [0.25, 0.3) is 5.91 Å². The van der Waals surface area contributed by atoms with E-state index >= 15 is 0 Å². The average molecular weight is 444 g/mol. The highest BCUT2D eigenvalue weighted by molar-refractivity contribution is 5.96. The Labute approximate surface area is 191 Å². The number of nitrogens with zero attached hydrogens (tertiary/aromatic N) is 3. The number of pyridine rings is 1. The maximum absolute atomic E-state index is 13.0. The van der Waals surface area contributed by atoms with Gasteiger partial charge in [-0.25, -0.2) is 10.0 Å². The quantitative estimate of drug-likeness (QED) is 0.525. The van der Waals surface area contributed by atoms with Gasteiger partial charge < -0.3 is 15.3 Å². The Morgan fingerprint density at radius 3 is 2.48 bits per heavy atom. The Bertz CT molecular complexity index is 1270. The van der Waals surface area contributed by atoms with Crippen LogP contribution in [0.1, 0.15) is 40.0 Å². The van der Waals surface area contributed by atoms with Crippen molar-refractivity contribution in [1.82, 2.24) is 15.4 Å². The molecule has 0 aliphatic carbocycles. The molecule has 1 aliphatic rings. The van der Waals surface area contributed by atoms with Crippen LogP contribution in [0.3, 0.4) is 0 Å². The van der Waals surface area contributed by atoms with Crippen molar-refractivity contribution in [3.63, 3.8) is 0 Å². The van der Waals surface area contributed by atoms with Gasteiger partial charge in [0.2, 0.25) is 0 Å². The number of nitrogens with one attached hydrogen (secondary N) is 1. The van der Waals surface area contributed by atoms with E-state index in [2.05, 4.69) is 5.32 Å². The smallest absolute Gasteiger partial charge is 0.307 e. The maximum Gasteiger partial charge on any atom is 0.307 e. The summed E-state index contributed by atoms with van der Waals surface area (Å²) < 4.78 is 0. The molecule has 8 heteroatoms. The molecule has 0 saturated heterocycles. The zero-order valence-electron chi connectivity index (χ0n) is 18.3. The van der Waals surface area contributed by atoms with Gasteiger partial charge in [-0.2, -0.15) is 0 Å². The Hall–Kier alpha value is -4.17. The number of hydrogen-bond acceptors (Lipinski definition) is 6. The van der Waals surface area contributed by atoms with Gasteiger partial charge in [0, 0.05) is 35.7 Å². The summed E-state index contributed by atoms with van der Waals surface area (Å²) in [5, 5.41) is 23.4. The number of aryl methyl sites for hydroxylation is 1. The summed E-state index contributed by atoms with van der Waals surface area (Å²) in [6.07, 6.45) is 6.29. The van der Waals surface area contributed by atoms with Gasteiger partial charge in [-0.05, 0) is 48.7 Å². The fraction of sp³-hybridized carbons (Fsp3) is 0.160. The molecule has 0 fully saturated rings. The highest BCUT2D eigenvalue weighted by atomic mass is 16.5. The predicted molar refractivity (Wildman–Crippen MR) is 125 cm³/mol. The molecule has 33 heavy (non-hydrogen) atoms. The van der Waals surface area contributed by atoms with Gasteiger partial charge in [0.15, 0.2) is 0 Å². The van der Waals surface area contributed by atoms with E-state index < -0.39 is 5.97 Å². The van der Waals surface area contributed by atoms with Gasteiger partial charge >= 0.3 is 5.97 Å². The molecule has 1 aliphatic heterocycles. The molecular weight excluding hydrogens is 420 g/mol. The average Bonchev–Trinajstić information content (AvgIpc) is 2.78. The van der Waals surface area contributed by atoms with Crippen LogP contribution in [0.25, 0.3) is 10.9 Å². The Balaban J connectivity index is 1.63. The fourth-order valence-corrected chi connectivity index (χ4v) is 3.83. The molecule has 2 aromatic carbocycles. The van der Waals surface area contributed by atoms with Gasteiger partial charge in [-0.3, -0.25) is 14.8 Å². The molecule has 168 valence electrons. The normalized spacial score (nSPS) is 13.9. The summed E-state index contributed by atoms with van der Waals surface area (Å²) in [4.78, 5) is 30.5.